The van der Waals surface area contributed by atoms with E-state index >= 15 is 0 Å². The summed E-state index contributed by atoms with van der Waals surface area (Å²) in [5.41, 5.74) is -0.236. The van der Waals surface area contributed by atoms with Crippen LogP contribution in [-0.4, -0.2) is 34.3 Å². The summed E-state index contributed by atoms with van der Waals surface area (Å²) in [4.78, 5) is 12.1. The second kappa shape index (κ2) is 7.26. The average Bonchev–Trinajstić information content (AvgIpc) is 2.56. The maximum Gasteiger partial charge on any atom is 0.208 e. The van der Waals surface area contributed by atoms with Gasteiger partial charge in [0.2, 0.25) is 5.78 Å². The van der Waals surface area contributed by atoms with Gasteiger partial charge in [0.1, 0.15) is 11.9 Å². The van der Waals surface area contributed by atoms with Gasteiger partial charge in [-0.2, -0.15) is 0 Å². The summed E-state index contributed by atoms with van der Waals surface area (Å²) in [6.45, 7) is 7.76. The molecule has 0 aromatic rings. The summed E-state index contributed by atoms with van der Waals surface area (Å²) in [7, 11) is 0. The minimum Gasteiger partial charge on any atom is -0.493 e. The van der Waals surface area contributed by atoms with Gasteiger partial charge in [-0.3, -0.25) is 4.79 Å². The highest BCUT2D eigenvalue weighted by atomic mass is 35.5. The minimum absolute atomic E-state index is 0.0311. The number of aliphatic hydroxyl groups excluding tert-OH is 1. The Balaban J connectivity index is 2.28. The Morgan fingerprint density at radius 3 is 2.88 bits per heavy atom. The van der Waals surface area contributed by atoms with Gasteiger partial charge in [-0.05, 0) is 37.5 Å². The van der Waals surface area contributed by atoms with Crippen LogP contribution >= 0.6 is 11.6 Å². The number of halogens is 1. The van der Waals surface area contributed by atoms with E-state index in [1.54, 1.807) is 6.08 Å². The Bertz CT molecular complexity index is 640. The molecule has 0 spiro atoms. The average molecular weight is 353 g/mol. The number of carbonyl (C=O) groups is 1. The maximum absolute atomic E-state index is 12.1. The molecule has 1 aliphatic carbocycles. The van der Waals surface area contributed by atoms with Crippen molar-refractivity contribution < 1.29 is 19.7 Å². The van der Waals surface area contributed by atoms with E-state index < -0.39 is 23.4 Å². The van der Waals surface area contributed by atoms with Crippen LogP contribution in [0.4, 0.5) is 0 Å². The molecule has 0 aromatic carbocycles. The van der Waals surface area contributed by atoms with Crippen molar-refractivity contribution in [2.75, 3.05) is 6.61 Å². The predicted molar refractivity (Wildman–Crippen MR) is 94.4 cm³/mol. The van der Waals surface area contributed by atoms with Crippen molar-refractivity contribution in [1.29, 1.82) is 0 Å². The SMILES string of the molecule is CCC(C)/C=C(C)/C=C/C1=CC2=C(Cl)C(=O)[C@@](C)(O)[C@H](O)[C@H]2CO1. The van der Waals surface area contributed by atoms with Crippen LogP contribution in [0, 0.1) is 11.8 Å². The highest BCUT2D eigenvalue weighted by Gasteiger charge is 2.50. The zero-order valence-electron chi connectivity index (χ0n) is 14.5. The monoisotopic (exact) mass is 352 g/mol. The second-order valence-corrected chi connectivity index (χ2v) is 7.16. The number of allylic oxidation sites excluding steroid dienone is 5. The van der Waals surface area contributed by atoms with E-state index in [9.17, 15) is 15.0 Å². The summed E-state index contributed by atoms with van der Waals surface area (Å²) < 4.78 is 5.65. The Morgan fingerprint density at radius 1 is 1.58 bits per heavy atom. The normalized spacial score (nSPS) is 32.5. The Morgan fingerprint density at radius 2 is 2.25 bits per heavy atom. The summed E-state index contributed by atoms with van der Waals surface area (Å²) in [6.07, 6.45) is 7.46. The van der Waals surface area contributed by atoms with Gasteiger partial charge in [-0.15, -0.1) is 0 Å². The number of aliphatic hydroxyl groups is 2. The van der Waals surface area contributed by atoms with Crippen LogP contribution in [0.25, 0.3) is 0 Å². The molecule has 0 radical (unpaired) electrons. The zero-order chi connectivity index (χ0) is 18.1. The quantitative estimate of drug-likeness (QED) is 0.762. The molecule has 2 rings (SSSR count). The number of hydrogen-bond acceptors (Lipinski definition) is 4. The van der Waals surface area contributed by atoms with E-state index in [-0.39, 0.29) is 11.6 Å². The molecule has 1 heterocycles. The first-order valence-corrected chi connectivity index (χ1v) is 8.62. The lowest BCUT2D eigenvalue weighted by atomic mass is 9.75. The number of rotatable bonds is 4. The second-order valence-electron chi connectivity index (χ2n) is 6.78. The standard InChI is InChI=1S/C19H25ClO4/c1-5-11(2)8-12(3)6-7-13-9-14-15(10-24-13)17(21)19(4,23)18(22)16(14)20/h6-9,11,15,17,21,23H,5,10H2,1-4H3/b7-6+,12-8+/t11?,15-,17+,19-/m0/s1. The van der Waals surface area contributed by atoms with Crippen molar-refractivity contribution in [2.24, 2.45) is 11.8 Å². The van der Waals surface area contributed by atoms with Crippen molar-refractivity contribution in [2.45, 2.75) is 45.8 Å². The van der Waals surface area contributed by atoms with E-state index in [0.717, 1.165) is 12.0 Å². The lowest BCUT2D eigenvalue weighted by Crippen LogP contribution is -2.55. The van der Waals surface area contributed by atoms with Crippen molar-refractivity contribution in [3.05, 3.63) is 46.2 Å². The van der Waals surface area contributed by atoms with Crippen molar-refractivity contribution >= 4 is 17.4 Å². The van der Waals surface area contributed by atoms with Gasteiger partial charge in [0.15, 0.2) is 5.60 Å². The van der Waals surface area contributed by atoms with Gasteiger partial charge in [-0.1, -0.05) is 49.6 Å². The van der Waals surface area contributed by atoms with Gasteiger partial charge in [-0.25, -0.2) is 0 Å². The van der Waals surface area contributed by atoms with Crippen LogP contribution < -0.4 is 0 Å². The van der Waals surface area contributed by atoms with E-state index in [1.165, 1.54) is 6.92 Å². The first kappa shape index (κ1) is 19.0. The lowest BCUT2D eigenvalue weighted by Gasteiger charge is -2.40. The Kier molecular flexibility index (Phi) is 5.74. The summed E-state index contributed by atoms with van der Waals surface area (Å²) in [5.74, 6) is -0.0834. The highest BCUT2D eigenvalue weighted by Crippen LogP contribution is 2.40. The lowest BCUT2D eigenvalue weighted by molar-refractivity contribution is -0.150. The van der Waals surface area contributed by atoms with Crippen molar-refractivity contribution in [3.8, 4) is 0 Å². The molecule has 4 atom stereocenters. The van der Waals surface area contributed by atoms with Gasteiger partial charge in [0.05, 0.1) is 11.6 Å². The third kappa shape index (κ3) is 3.66. The number of ether oxygens (including phenoxy) is 1. The number of Topliss-reactive ketones (excluding diaryl/α,β-unsaturated/α-hetero) is 1. The summed E-state index contributed by atoms with van der Waals surface area (Å²) >= 11 is 6.13. The molecule has 0 saturated carbocycles. The summed E-state index contributed by atoms with van der Waals surface area (Å²) in [5, 5.41) is 20.4. The van der Waals surface area contributed by atoms with Crippen LogP contribution in [-0.2, 0) is 9.53 Å². The third-order valence-electron chi connectivity index (χ3n) is 4.70. The van der Waals surface area contributed by atoms with Gasteiger partial charge < -0.3 is 14.9 Å². The summed E-state index contributed by atoms with van der Waals surface area (Å²) in [6, 6.07) is 0. The molecule has 5 heteroatoms. The van der Waals surface area contributed by atoms with E-state index in [1.807, 2.05) is 19.1 Å². The van der Waals surface area contributed by atoms with Crippen LogP contribution in [0.3, 0.4) is 0 Å². The van der Waals surface area contributed by atoms with E-state index in [4.69, 9.17) is 16.3 Å². The molecular formula is C19H25ClO4. The predicted octanol–water partition coefficient (Wildman–Crippen LogP) is 3.25. The number of carbonyl (C=O) groups excluding carboxylic acids is 1. The Hall–Kier alpha value is -1.36. The number of hydrogen-bond donors (Lipinski definition) is 2. The molecular weight excluding hydrogens is 328 g/mol. The number of ketones is 1. The molecule has 0 aromatic heterocycles. The molecule has 0 saturated heterocycles. The molecule has 0 amide bonds. The molecule has 4 nitrogen and oxygen atoms in total. The zero-order valence-corrected chi connectivity index (χ0v) is 15.3. The smallest absolute Gasteiger partial charge is 0.208 e. The van der Waals surface area contributed by atoms with E-state index in [0.29, 0.717) is 17.3 Å². The molecule has 2 aliphatic rings. The van der Waals surface area contributed by atoms with Gasteiger partial charge in [0, 0.05) is 5.92 Å². The topological polar surface area (TPSA) is 66.8 Å². The van der Waals surface area contributed by atoms with Crippen LogP contribution in [0.5, 0.6) is 0 Å². The Labute approximate surface area is 148 Å². The van der Waals surface area contributed by atoms with E-state index in [2.05, 4.69) is 19.9 Å². The fraction of sp³-hybridized carbons (Fsp3) is 0.526. The molecule has 132 valence electrons. The largest absolute Gasteiger partial charge is 0.493 e. The van der Waals surface area contributed by atoms with Crippen molar-refractivity contribution in [3.63, 3.8) is 0 Å². The third-order valence-corrected chi connectivity index (χ3v) is 5.09. The first-order chi connectivity index (χ1) is 11.2. The van der Waals surface area contributed by atoms with Gasteiger partial charge in [0.25, 0.3) is 0 Å². The molecule has 0 bridgehead atoms. The van der Waals surface area contributed by atoms with Crippen molar-refractivity contribution in [1.82, 2.24) is 0 Å². The minimum atomic E-state index is -1.88. The van der Waals surface area contributed by atoms with Crippen LogP contribution in [0.1, 0.15) is 34.1 Å². The van der Waals surface area contributed by atoms with Crippen LogP contribution in [0.15, 0.2) is 46.2 Å². The molecule has 1 aliphatic heterocycles. The number of fused-ring (bicyclic) bond motifs is 1. The fourth-order valence-corrected chi connectivity index (χ4v) is 3.26. The molecule has 1 unspecified atom stereocenters. The highest BCUT2D eigenvalue weighted by molar-refractivity contribution is 6.44. The van der Waals surface area contributed by atoms with Crippen LogP contribution in [0.2, 0.25) is 0 Å². The first-order valence-electron chi connectivity index (χ1n) is 8.24. The molecule has 0 fully saturated rings. The maximum atomic E-state index is 12.1. The fourth-order valence-electron chi connectivity index (χ4n) is 2.88. The van der Waals surface area contributed by atoms with Gasteiger partial charge >= 0.3 is 0 Å². The molecule has 2 N–H and O–H groups in total. The molecule has 24 heavy (non-hydrogen) atoms.